The van der Waals surface area contributed by atoms with Gasteiger partial charge < -0.3 is 19.8 Å². The maximum atomic E-state index is 12.5. The van der Waals surface area contributed by atoms with Gasteiger partial charge in [-0.3, -0.25) is 14.7 Å². The Labute approximate surface area is 196 Å². The monoisotopic (exact) mass is 463 g/mol. The Morgan fingerprint density at radius 2 is 1.50 bits per heavy atom. The number of hydrogen-bond acceptors (Lipinski definition) is 6. The third-order valence-corrected chi connectivity index (χ3v) is 5.03. The van der Waals surface area contributed by atoms with Gasteiger partial charge in [0.1, 0.15) is 11.5 Å². The van der Waals surface area contributed by atoms with Gasteiger partial charge in [-0.1, -0.05) is 30.3 Å². The first-order chi connectivity index (χ1) is 16.4. The number of rotatable bonds is 5. The van der Waals surface area contributed by atoms with Crippen molar-refractivity contribution in [3.8, 4) is 11.5 Å². The number of ether oxygens (including phenoxy) is 1. The Kier molecular flexibility index (Phi) is 8.70. The number of carboxylic acids is 2. The van der Waals surface area contributed by atoms with Crippen LogP contribution in [0.15, 0.2) is 79.1 Å². The Hall–Kier alpha value is -4.24. The Balaban J connectivity index is 0.000000481. The molecule has 0 spiro atoms. The maximum absolute atomic E-state index is 12.5. The molecule has 0 bridgehead atoms. The smallest absolute Gasteiger partial charge is 0.414 e. The molecule has 1 saturated heterocycles. The van der Waals surface area contributed by atoms with Gasteiger partial charge in [0, 0.05) is 45.1 Å². The first-order valence-corrected chi connectivity index (χ1v) is 10.6. The van der Waals surface area contributed by atoms with E-state index in [9.17, 15) is 4.79 Å². The molecule has 9 nitrogen and oxygen atoms in total. The molecular weight excluding hydrogens is 438 g/mol. The standard InChI is InChI=1S/C23H23N3O2.C2H2O4/c27-23(20-7-5-11-24-17-20)26-14-12-25(13-15-26)18-19-6-4-10-22(16-19)28-21-8-2-1-3-9-21;3-1(4)2(5)6/h1-11,16-17H,12-15,18H2;(H,3,4)(H,5,6). The van der Waals surface area contributed by atoms with Crippen LogP contribution in [-0.2, 0) is 16.1 Å². The average Bonchev–Trinajstić information content (AvgIpc) is 2.86. The highest BCUT2D eigenvalue weighted by molar-refractivity contribution is 6.27. The van der Waals surface area contributed by atoms with Crippen LogP contribution < -0.4 is 4.74 Å². The highest BCUT2D eigenvalue weighted by Crippen LogP contribution is 2.22. The molecule has 0 radical (unpaired) electrons. The van der Waals surface area contributed by atoms with Crippen molar-refractivity contribution in [2.75, 3.05) is 26.2 Å². The minimum Gasteiger partial charge on any atom is -0.473 e. The number of carbonyl (C=O) groups is 3. The van der Waals surface area contributed by atoms with E-state index in [4.69, 9.17) is 24.5 Å². The van der Waals surface area contributed by atoms with Crippen LogP contribution in [0.25, 0.3) is 0 Å². The lowest BCUT2D eigenvalue weighted by Crippen LogP contribution is -2.48. The Bertz CT molecular complexity index is 1090. The van der Waals surface area contributed by atoms with Gasteiger partial charge >= 0.3 is 11.9 Å². The molecule has 1 amide bonds. The number of carbonyl (C=O) groups excluding carboxylic acids is 1. The van der Waals surface area contributed by atoms with Crippen molar-refractivity contribution in [3.05, 3.63) is 90.3 Å². The van der Waals surface area contributed by atoms with Crippen LogP contribution >= 0.6 is 0 Å². The summed E-state index contributed by atoms with van der Waals surface area (Å²) in [4.78, 5) is 39.0. The second-order valence-electron chi connectivity index (χ2n) is 7.48. The highest BCUT2D eigenvalue weighted by Gasteiger charge is 2.22. The van der Waals surface area contributed by atoms with E-state index < -0.39 is 11.9 Å². The number of benzene rings is 2. The van der Waals surface area contributed by atoms with Gasteiger partial charge in [0.05, 0.1) is 5.56 Å². The molecule has 1 fully saturated rings. The summed E-state index contributed by atoms with van der Waals surface area (Å²) in [6.07, 6.45) is 3.32. The number of aliphatic carboxylic acids is 2. The lowest BCUT2D eigenvalue weighted by Gasteiger charge is -2.34. The van der Waals surface area contributed by atoms with Gasteiger partial charge in [0.25, 0.3) is 5.91 Å². The summed E-state index contributed by atoms with van der Waals surface area (Å²) in [6.45, 7) is 4.02. The minimum absolute atomic E-state index is 0.0611. The molecule has 2 N–H and O–H groups in total. The first kappa shape index (κ1) is 24.4. The normalized spacial score (nSPS) is 13.4. The molecule has 34 heavy (non-hydrogen) atoms. The van der Waals surface area contributed by atoms with Gasteiger partial charge in [-0.2, -0.15) is 0 Å². The van der Waals surface area contributed by atoms with Gasteiger partial charge in [-0.25, -0.2) is 9.59 Å². The number of hydrogen-bond donors (Lipinski definition) is 2. The third kappa shape index (κ3) is 7.42. The minimum atomic E-state index is -1.82. The quantitative estimate of drug-likeness (QED) is 0.554. The van der Waals surface area contributed by atoms with Crippen LogP contribution in [0.4, 0.5) is 0 Å². The second-order valence-corrected chi connectivity index (χ2v) is 7.48. The number of pyridine rings is 1. The average molecular weight is 463 g/mol. The van der Waals surface area contributed by atoms with E-state index in [0.717, 1.165) is 44.2 Å². The van der Waals surface area contributed by atoms with Crippen LogP contribution in [0, 0.1) is 0 Å². The van der Waals surface area contributed by atoms with Crippen molar-refractivity contribution >= 4 is 17.8 Å². The van der Waals surface area contributed by atoms with Crippen molar-refractivity contribution < 1.29 is 29.3 Å². The predicted octanol–water partition coefficient (Wildman–Crippen LogP) is 2.99. The van der Waals surface area contributed by atoms with Gasteiger partial charge in [-0.05, 0) is 42.0 Å². The Morgan fingerprint density at radius 1 is 0.824 bits per heavy atom. The van der Waals surface area contributed by atoms with Gasteiger partial charge in [-0.15, -0.1) is 0 Å². The van der Waals surface area contributed by atoms with Crippen molar-refractivity contribution in [2.45, 2.75) is 6.54 Å². The molecule has 0 atom stereocenters. The van der Waals surface area contributed by atoms with Gasteiger partial charge in [0.15, 0.2) is 0 Å². The number of para-hydroxylation sites is 1. The molecule has 4 rings (SSSR count). The van der Waals surface area contributed by atoms with E-state index in [0.29, 0.717) is 5.56 Å². The first-order valence-electron chi connectivity index (χ1n) is 10.6. The summed E-state index contributed by atoms with van der Waals surface area (Å²) in [5.74, 6) is -1.91. The number of piperazine rings is 1. The van der Waals surface area contributed by atoms with Crippen LogP contribution in [-0.4, -0.2) is 69.0 Å². The highest BCUT2D eigenvalue weighted by atomic mass is 16.5. The SMILES string of the molecule is O=C(O)C(=O)O.O=C(c1cccnc1)N1CCN(Cc2cccc(Oc3ccccc3)c2)CC1. The molecule has 3 aromatic rings. The molecule has 1 aliphatic rings. The van der Waals surface area contributed by atoms with E-state index in [-0.39, 0.29) is 5.91 Å². The topological polar surface area (TPSA) is 120 Å². The molecule has 0 unspecified atom stereocenters. The summed E-state index contributed by atoms with van der Waals surface area (Å²) < 4.78 is 5.93. The zero-order valence-corrected chi connectivity index (χ0v) is 18.4. The molecular formula is C25H25N3O6. The molecule has 0 aliphatic carbocycles. The van der Waals surface area contributed by atoms with E-state index in [2.05, 4.69) is 22.0 Å². The zero-order chi connectivity index (χ0) is 24.3. The fourth-order valence-electron chi connectivity index (χ4n) is 3.37. The van der Waals surface area contributed by atoms with Crippen LogP contribution in [0.3, 0.4) is 0 Å². The molecule has 9 heteroatoms. The molecule has 0 saturated carbocycles. The summed E-state index contributed by atoms with van der Waals surface area (Å²) >= 11 is 0. The van der Waals surface area contributed by atoms with Crippen LogP contribution in [0.2, 0.25) is 0 Å². The largest absolute Gasteiger partial charge is 0.473 e. The molecule has 2 heterocycles. The third-order valence-electron chi connectivity index (χ3n) is 5.03. The lowest BCUT2D eigenvalue weighted by atomic mass is 10.1. The lowest BCUT2D eigenvalue weighted by molar-refractivity contribution is -0.159. The number of amides is 1. The fourth-order valence-corrected chi connectivity index (χ4v) is 3.37. The molecule has 2 aromatic carbocycles. The van der Waals surface area contributed by atoms with Crippen molar-refractivity contribution in [3.63, 3.8) is 0 Å². The predicted molar refractivity (Wildman–Crippen MR) is 124 cm³/mol. The van der Waals surface area contributed by atoms with Crippen molar-refractivity contribution in [1.82, 2.24) is 14.8 Å². The van der Waals surface area contributed by atoms with E-state index in [1.54, 1.807) is 18.5 Å². The number of carboxylic acid groups (broad SMARTS) is 2. The van der Waals surface area contributed by atoms with E-state index in [1.165, 1.54) is 5.56 Å². The molecule has 176 valence electrons. The van der Waals surface area contributed by atoms with Crippen molar-refractivity contribution in [1.29, 1.82) is 0 Å². The van der Waals surface area contributed by atoms with Gasteiger partial charge in [0.2, 0.25) is 0 Å². The number of nitrogens with zero attached hydrogens (tertiary/aromatic N) is 3. The van der Waals surface area contributed by atoms with E-state index in [1.807, 2.05) is 53.4 Å². The summed E-state index contributed by atoms with van der Waals surface area (Å²) in [6, 6.07) is 21.6. The fraction of sp³-hybridized carbons (Fsp3) is 0.200. The van der Waals surface area contributed by atoms with Crippen LogP contribution in [0.5, 0.6) is 11.5 Å². The Morgan fingerprint density at radius 3 is 2.12 bits per heavy atom. The van der Waals surface area contributed by atoms with Crippen molar-refractivity contribution in [2.24, 2.45) is 0 Å². The zero-order valence-electron chi connectivity index (χ0n) is 18.4. The maximum Gasteiger partial charge on any atom is 0.414 e. The molecule has 1 aliphatic heterocycles. The number of aromatic nitrogens is 1. The second kappa shape index (κ2) is 12.1. The van der Waals surface area contributed by atoms with Crippen LogP contribution in [0.1, 0.15) is 15.9 Å². The summed E-state index contributed by atoms with van der Waals surface area (Å²) in [7, 11) is 0. The van der Waals surface area contributed by atoms with E-state index >= 15 is 0 Å². The summed E-state index contributed by atoms with van der Waals surface area (Å²) in [5, 5.41) is 14.8. The molecule has 1 aromatic heterocycles. The summed E-state index contributed by atoms with van der Waals surface area (Å²) in [5.41, 5.74) is 1.86.